The third-order valence-electron chi connectivity index (χ3n) is 3.07. The molecule has 0 radical (unpaired) electrons. The molecule has 0 rings (SSSR count). The molecule has 0 aliphatic carbocycles. The first-order chi connectivity index (χ1) is 8.31. The van der Waals surface area contributed by atoms with Gasteiger partial charge in [-0.15, -0.1) is 0 Å². The van der Waals surface area contributed by atoms with Crippen LogP contribution in [0.2, 0.25) is 0 Å². The van der Waals surface area contributed by atoms with Crippen molar-refractivity contribution in [2.24, 2.45) is 0 Å². The van der Waals surface area contributed by atoms with Gasteiger partial charge in [0.15, 0.2) is 0 Å². The topological polar surface area (TPSA) is 20.2 Å². The van der Waals surface area contributed by atoms with Gasteiger partial charge in [-0.25, -0.2) is 0 Å². The number of allylic oxidation sites excluding steroid dienone is 3. The molecule has 1 atom stereocenters. The average molecular weight is 238 g/mol. The molecule has 0 spiro atoms. The quantitative estimate of drug-likeness (QED) is 0.374. The lowest BCUT2D eigenvalue weighted by Crippen LogP contribution is -2.05. The molecular formula is C16H30O. The summed E-state index contributed by atoms with van der Waals surface area (Å²) >= 11 is 0. The van der Waals surface area contributed by atoms with Crippen LogP contribution in [0, 0.1) is 0 Å². The van der Waals surface area contributed by atoms with E-state index in [0.717, 1.165) is 19.3 Å². The summed E-state index contributed by atoms with van der Waals surface area (Å²) in [5.74, 6) is 0. The molecule has 0 aromatic heterocycles. The zero-order chi connectivity index (χ0) is 12.8. The molecular weight excluding hydrogens is 208 g/mol. The highest BCUT2D eigenvalue weighted by Crippen LogP contribution is 2.12. The Morgan fingerprint density at radius 3 is 2.29 bits per heavy atom. The third-order valence-corrected chi connectivity index (χ3v) is 3.07. The molecule has 0 aromatic carbocycles. The minimum Gasteiger partial charge on any atom is -0.393 e. The predicted octanol–water partition coefficient (Wildman–Crippen LogP) is 5.01. The van der Waals surface area contributed by atoms with Gasteiger partial charge in [-0.05, 0) is 25.7 Å². The fourth-order valence-electron chi connectivity index (χ4n) is 1.96. The van der Waals surface area contributed by atoms with E-state index in [1.54, 1.807) is 0 Å². The number of aliphatic hydroxyl groups excluding tert-OH is 1. The van der Waals surface area contributed by atoms with Crippen LogP contribution in [-0.2, 0) is 0 Å². The molecule has 1 unspecified atom stereocenters. The van der Waals surface area contributed by atoms with Crippen molar-refractivity contribution in [3.05, 3.63) is 24.8 Å². The molecule has 0 bridgehead atoms. The van der Waals surface area contributed by atoms with Gasteiger partial charge in [0, 0.05) is 0 Å². The predicted molar refractivity (Wildman–Crippen MR) is 77.2 cm³/mol. The van der Waals surface area contributed by atoms with E-state index in [2.05, 4.69) is 19.6 Å². The largest absolute Gasteiger partial charge is 0.393 e. The van der Waals surface area contributed by atoms with E-state index in [0.29, 0.717) is 0 Å². The van der Waals surface area contributed by atoms with Crippen LogP contribution in [0.1, 0.15) is 71.1 Å². The summed E-state index contributed by atoms with van der Waals surface area (Å²) in [6, 6.07) is 0. The lowest BCUT2D eigenvalue weighted by atomic mass is 10.0. The molecule has 0 heterocycles. The number of hydrogen-bond acceptors (Lipinski definition) is 1. The van der Waals surface area contributed by atoms with Crippen molar-refractivity contribution < 1.29 is 5.11 Å². The van der Waals surface area contributed by atoms with Crippen molar-refractivity contribution in [3.63, 3.8) is 0 Å². The first kappa shape index (κ1) is 16.4. The van der Waals surface area contributed by atoms with Gasteiger partial charge in [-0.1, -0.05) is 70.3 Å². The first-order valence-electron chi connectivity index (χ1n) is 7.26. The molecule has 100 valence electrons. The molecule has 1 nitrogen and oxygen atoms in total. The van der Waals surface area contributed by atoms with E-state index in [1.807, 2.05) is 12.2 Å². The van der Waals surface area contributed by atoms with Crippen LogP contribution in [0.4, 0.5) is 0 Å². The summed E-state index contributed by atoms with van der Waals surface area (Å²) < 4.78 is 0. The van der Waals surface area contributed by atoms with Crippen molar-refractivity contribution >= 4 is 0 Å². The van der Waals surface area contributed by atoms with Gasteiger partial charge in [-0.3, -0.25) is 0 Å². The lowest BCUT2D eigenvalue weighted by Gasteiger charge is -2.09. The van der Waals surface area contributed by atoms with Gasteiger partial charge in [-0.2, -0.15) is 0 Å². The Bertz CT molecular complexity index is 184. The van der Waals surface area contributed by atoms with E-state index in [9.17, 15) is 5.11 Å². The van der Waals surface area contributed by atoms with Crippen molar-refractivity contribution in [2.45, 2.75) is 77.2 Å². The maximum absolute atomic E-state index is 9.73. The van der Waals surface area contributed by atoms with Crippen LogP contribution in [0.15, 0.2) is 24.8 Å². The van der Waals surface area contributed by atoms with Crippen molar-refractivity contribution in [3.8, 4) is 0 Å². The molecule has 0 saturated heterocycles. The van der Waals surface area contributed by atoms with E-state index < -0.39 is 0 Å². The Labute approximate surface area is 108 Å². The van der Waals surface area contributed by atoms with E-state index in [-0.39, 0.29) is 6.10 Å². The highest BCUT2D eigenvalue weighted by atomic mass is 16.3. The second kappa shape index (κ2) is 13.5. The van der Waals surface area contributed by atoms with Gasteiger partial charge in [0.25, 0.3) is 0 Å². The Morgan fingerprint density at radius 2 is 1.65 bits per heavy atom. The molecule has 0 aromatic rings. The average Bonchev–Trinajstić information content (AvgIpc) is 2.33. The SMILES string of the molecule is C=C/C=C\CCCCCCC(O)CCCCC. The number of aliphatic hydroxyl groups is 1. The highest BCUT2D eigenvalue weighted by Gasteiger charge is 2.02. The molecule has 1 N–H and O–H groups in total. The number of unbranched alkanes of at least 4 members (excludes halogenated alkanes) is 6. The smallest absolute Gasteiger partial charge is 0.0540 e. The first-order valence-corrected chi connectivity index (χ1v) is 7.26. The van der Waals surface area contributed by atoms with E-state index >= 15 is 0 Å². The minimum absolute atomic E-state index is 0.0535. The normalized spacial score (nSPS) is 13.1. The summed E-state index contributed by atoms with van der Waals surface area (Å²) in [7, 11) is 0. The summed E-state index contributed by atoms with van der Waals surface area (Å²) in [6.07, 6.45) is 17.8. The second-order valence-electron chi connectivity index (χ2n) is 4.81. The van der Waals surface area contributed by atoms with Crippen molar-refractivity contribution in [1.82, 2.24) is 0 Å². The molecule has 0 fully saturated rings. The Morgan fingerprint density at radius 1 is 1.00 bits per heavy atom. The molecule has 0 aliphatic heterocycles. The third kappa shape index (κ3) is 13.4. The van der Waals surface area contributed by atoms with Gasteiger partial charge in [0.05, 0.1) is 6.10 Å². The van der Waals surface area contributed by atoms with Crippen molar-refractivity contribution in [2.75, 3.05) is 0 Å². The fraction of sp³-hybridized carbons (Fsp3) is 0.750. The molecule has 0 amide bonds. The maximum Gasteiger partial charge on any atom is 0.0540 e. The van der Waals surface area contributed by atoms with Crippen LogP contribution in [0.5, 0.6) is 0 Å². The van der Waals surface area contributed by atoms with Gasteiger partial charge >= 0.3 is 0 Å². The molecule has 0 saturated carbocycles. The van der Waals surface area contributed by atoms with Crippen LogP contribution >= 0.6 is 0 Å². The standard InChI is InChI=1S/C16H30O/c1-3-5-7-8-9-10-11-13-15-16(17)14-12-6-4-2/h3,5,7,16-17H,1,4,6,8-15H2,2H3/b7-5-. The van der Waals surface area contributed by atoms with Gasteiger partial charge in [0.1, 0.15) is 0 Å². The highest BCUT2D eigenvalue weighted by molar-refractivity contribution is 4.96. The summed E-state index contributed by atoms with van der Waals surface area (Å²) in [4.78, 5) is 0. The van der Waals surface area contributed by atoms with E-state index in [1.165, 1.54) is 44.9 Å². The second-order valence-corrected chi connectivity index (χ2v) is 4.81. The van der Waals surface area contributed by atoms with Crippen LogP contribution in [0.25, 0.3) is 0 Å². The van der Waals surface area contributed by atoms with Crippen LogP contribution in [0.3, 0.4) is 0 Å². The van der Waals surface area contributed by atoms with Crippen LogP contribution < -0.4 is 0 Å². The molecule has 17 heavy (non-hydrogen) atoms. The fourth-order valence-corrected chi connectivity index (χ4v) is 1.96. The molecule has 0 aliphatic rings. The Hall–Kier alpha value is -0.560. The number of hydrogen-bond donors (Lipinski definition) is 1. The molecule has 1 heteroatoms. The zero-order valence-electron chi connectivity index (χ0n) is 11.5. The summed E-state index contributed by atoms with van der Waals surface area (Å²) in [6.45, 7) is 5.84. The Balaban J connectivity index is 3.15. The lowest BCUT2D eigenvalue weighted by molar-refractivity contribution is 0.147. The minimum atomic E-state index is -0.0535. The van der Waals surface area contributed by atoms with Crippen LogP contribution in [-0.4, -0.2) is 11.2 Å². The monoisotopic (exact) mass is 238 g/mol. The summed E-state index contributed by atoms with van der Waals surface area (Å²) in [5, 5.41) is 9.73. The van der Waals surface area contributed by atoms with E-state index in [4.69, 9.17) is 0 Å². The Kier molecular flexibility index (Phi) is 13.1. The summed E-state index contributed by atoms with van der Waals surface area (Å²) in [5.41, 5.74) is 0. The number of rotatable bonds is 12. The maximum atomic E-state index is 9.73. The van der Waals surface area contributed by atoms with Gasteiger partial charge in [0.2, 0.25) is 0 Å². The zero-order valence-corrected chi connectivity index (χ0v) is 11.5. The van der Waals surface area contributed by atoms with Gasteiger partial charge < -0.3 is 5.11 Å². The van der Waals surface area contributed by atoms with Crippen molar-refractivity contribution in [1.29, 1.82) is 0 Å².